The minimum Gasteiger partial charge on any atom is -0.341 e. The van der Waals surface area contributed by atoms with Crippen LogP contribution in [0, 0.1) is 0 Å². The van der Waals surface area contributed by atoms with E-state index in [9.17, 15) is 14.4 Å². The number of amides is 4. The maximum absolute atomic E-state index is 13.0. The van der Waals surface area contributed by atoms with Gasteiger partial charge in [-0.25, -0.2) is 4.79 Å². The summed E-state index contributed by atoms with van der Waals surface area (Å²) in [6.45, 7) is 1.64. The van der Waals surface area contributed by atoms with E-state index >= 15 is 0 Å². The number of benzene rings is 2. The number of nitrogens with zero attached hydrogens (tertiary/aromatic N) is 1. The van der Waals surface area contributed by atoms with Crippen molar-refractivity contribution in [2.75, 3.05) is 6.54 Å². The van der Waals surface area contributed by atoms with Gasteiger partial charge in [0, 0.05) is 0 Å². The van der Waals surface area contributed by atoms with Crippen LogP contribution >= 0.6 is 0 Å². The molecule has 29 heavy (non-hydrogen) atoms. The molecule has 4 amide bonds. The molecule has 1 saturated heterocycles. The number of hydrogen-bond acceptors (Lipinski definition) is 3. The predicted octanol–water partition coefficient (Wildman–Crippen LogP) is 2.93. The van der Waals surface area contributed by atoms with Crippen LogP contribution in [0.1, 0.15) is 43.7 Å². The number of rotatable bonds is 5. The van der Waals surface area contributed by atoms with E-state index in [1.54, 1.807) is 0 Å². The first kappa shape index (κ1) is 19.2. The first-order valence-electron chi connectivity index (χ1n) is 10.0. The van der Waals surface area contributed by atoms with Gasteiger partial charge in [-0.05, 0) is 30.9 Å². The number of hydrogen-bond donors (Lipinski definition) is 2. The molecule has 0 atom stereocenters. The Kier molecular flexibility index (Phi) is 4.86. The second-order valence-electron chi connectivity index (χ2n) is 8.02. The molecule has 2 N–H and O–H groups in total. The van der Waals surface area contributed by atoms with E-state index < -0.39 is 17.1 Å². The molecule has 2 aromatic carbocycles. The van der Waals surface area contributed by atoms with Crippen LogP contribution in [-0.2, 0) is 15.1 Å². The van der Waals surface area contributed by atoms with Gasteiger partial charge in [0.15, 0.2) is 0 Å². The van der Waals surface area contributed by atoms with Crippen molar-refractivity contribution in [1.82, 2.24) is 15.5 Å². The van der Waals surface area contributed by atoms with Gasteiger partial charge in [0.1, 0.15) is 12.1 Å². The van der Waals surface area contributed by atoms with Gasteiger partial charge in [-0.15, -0.1) is 0 Å². The summed E-state index contributed by atoms with van der Waals surface area (Å²) < 4.78 is 0. The highest BCUT2D eigenvalue weighted by Crippen LogP contribution is 2.35. The van der Waals surface area contributed by atoms with Crippen LogP contribution < -0.4 is 10.6 Å². The van der Waals surface area contributed by atoms with Crippen molar-refractivity contribution in [2.24, 2.45) is 0 Å². The first-order chi connectivity index (χ1) is 13.9. The molecule has 1 aliphatic carbocycles. The van der Waals surface area contributed by atoms with Gasteiger partial charge in [-0.3, -0.25) is 14.5 Å². The van der Waals surface area contributed by atoms with Gasteiger partial charge in [0.05, 0.1) is 5.54 Å². The van der Waals surface area contributed by atoms with Crippen LogP contribution in [0.2, 0.25) is 0 Å². The minimum absolute atomic E-state index is 0.281. The normalized spacial score (nSPS) is 18.2. The number of carbonyl (C=O) groups is 3. The molecule has 0 aromatic heterocycles. The molecule has 6 heteroatoms. The lowest BCUT2D eigenvalue weighted by Gasteiger charge is -2.32. The molecule has 6 nitrogen and oxygen atoms in total. The van der Waals surface area contributed by atoms with E-state index in [1.165, 1.54) is 0 Å². The highest BCUT2D eigenvalue weighted by atomic mass is 16.2. The maximum Gasteiger partial charge on any atom is 0.325 e. The Morgan fingerprint density at radius 3 is 2.03 bits per heavy atom. The highest BCUT2D eigenvalue weighted by Gasteiger charge is 2.52. The van der Waals surface area contributed by atoms with Gasteiger partial charge < -0.3 is 10.6 Å². The van der Waals surface area contributed by atoms with Crippen LogP contribution in [-0.4, -0.2) is 34.8 Å². The summed E-state index contributed by atoms with van der Waals surface area (Å²) in [5.74, 6) is -0.657. The fraction of sp³-hybridized carbons (Fsp3) is 0.348. The fourth-order valence-electron chi connectivity index (χ4n) is 4.45. The highest BCUT2D eigenvalue weighted by molar-refractivity contribution is 6.09. The second kappa shape index (κ2) is 7.35. The predicted molar refractivity (Wildman–Crippen MR) is 109 cm³/mol. The standard InChI is InChI=1S/C23H25N3O3/c1-22(17-10-4-2-5-11-17,18-12-6-3-7-13-18)24-19(27)16-26-20(28)23(25-21(26)29)14-8-9-15-23/h2-7,10-13H,8-9,14-16H2,1H3,(H,24,27)(H,25,29). The summed E-state index contributed by atoms with van der Waals surface area (Å²) >= 11 is 0. The summed E-state index contributed by atoms with van der Waals surface area (Å²) in [4.78, 5) is 39.3. The molecule has 2 fully saturated rings. The monoisotopic (exact) mass is 391 g/mol. The lowest BCUT2D eigenvalue weighted by molar-refractivity contribution is -0.135. The number of carbonyl (C=O) groups excluding carboxylic acids is 3. The van der Waals surface area contributed by atoms with Crippen molar-refractivity contribution in [2.45, 2.75) is 43.7 Å². The van der Waals surface area contributed by atoms with Crippen molar-refractivity contribution < 1.29 is 14.4 Å². The Labute approximate surface area is 170 Å². The van der Waals surface area contributed by atoms with E-state index in [0.29, 0.717) is 12.8 Å². The number of imide groups is 1. The van der Waals surface area contributed by atoms with Crippen molar-refractivity contribution in [1.29, 1.82) is 0 Å². The average Bonchev–Trinajstić information content (AvgIpc) is 3.30. The van der Waals surface area contributed by atoms with Gasteiger partial charge in [-0.1, -0.05) is 73.5 Å². The lowest BCUT2D eigenvalue weighted by atomic mass is 9.84. The third-order valence-corrected chi connectivity index (χ3v) is 6.10. The smallest absolute Gasteiger partial charge is 0.325 e. The van der Waals surface area contributed by atoms with Crippen LogP contribution in [0.15, 0.2) is 60.7 Å². The summed E-state index contributed by atoms with van der Waals surface area (Å²) in [7, 11) is 0. The molecule has 2 aliphatic rings. The van der Waals surface area contributed by atoms with E-state index in [0.717, 1.165) is 28.9 Å². The van der Waals surface area contributed by atoms with Crippen LogP contribution in [0.4, 0.5) is 4.79 Å². The summed E-state index contributed by atoms with van der Waals surface area (Å²) in [5, 5.41) is 5.88. The van der Waals surface area contributed by atoms with Crippen molar-refractivity contribution in [3.63, 3.8) is 0 Å². The molecule has 1 heterocycles. The van der Waals surface area contributed by atoms with Gasteiger partial charge >= 0.3 is 6.03 Å². The fourth-order valence-corrected chi connectivity index (χ4v) is 4.45. The summed E-state index contributed by atoms with van der Waals surface area (Å²) in [5.41, 5.74) is 0.247. The summed E-state index contributed by atoms with van der Waals surface area (Å²) in [6, 6.07) is 18.9. The molecule has 0 unspecified atom stereocenters. The van der Waals surface area contributed by atoms with E-state index in [2.05, 4.69) is 10.6 Å². The molecule has 1 aliphatic heterocycles. The Balaban J connectivity index is 1.56. The van der Waals surface area contributed by atoms with E-state index in [1.807, 2.05) is 67.6 Å². The Morgan fingerprint density at radius 2 is 1.52 bits per heavy atom. The molecule has 0 radical (unpaired) electrons. The van der Waals surface area contributed by atoms with Crippen LogP contribution in [0.3, 0.4) is 0 Å². The zero-order valence-corrected chi connectivity index (χ0v) is 16.5. The molecule has 2 aromatic rings. The zero-order valence-electron chi connectivity index (χ0n) is 16.5. The number of nitrogens with one attached hydrogen (secondary N) is 2. The quantitative estimate of drug-likeness (QED) is 0.770. The molecule has 1 saturated carbocycles. The van der Waals surface area contributed by atoms with Crippen LogP contribution in [0.25, 0.3) is 0 Å². The van der Waals surface area contributed by atoms with Gasteiger partial charge in [0.2, 0.25) is 5.91 Å². The second-order valence-corrected chi connectivity index (χ2v) is 8.02. The van der Waals surface area contributed by atoms with Crippen molar-refractivity contribution in [3.05, 3.63) is 71.8 Å². The van der Waals surface area contributed by atoms with Gasteiger partial charge in [-0.2, -0.15) is 0 Å². The Morgan fingerprint density at radius 1 is 1.00 bits per heavy atom. The summed E-state index contributed by atoms with van der Waals surface area (Å²) in [6.07, 6.45) is 3.10. The zero-order chi connectivity index (χ0) is 20.5. The number of urea groups is 1. The molecular formula is C23H25N3O3. The average molecular weight is 391 g/mol. The molecule has 1 spiro atoms. The molecule has 4 rings (SSSR count). The molecule has 150 valence electrons. The van der Waals surface area contributed by atoms with Crippen LogP contribution in [0.5, 0.6) is 0 Å². The van der Waals surface area contributed by atoms with Crippen molar-refractivity contribution in [3.8, 4) is 0 Å². The minimum atomic E-state index is -0.806. The SMILES string of the molecule is CC(NC(=O)CN1C(=O)NC2(CCCC2)C1=O)(c1ccccc1)c1ccccc1. The van der Waals surface area contributed by atoms with Gasteiger partial charge in [0.25, 0.3) is 5.91 Å². The Hall–Kier alpha value is -3.15. The van der Waals surface area contributed by atoms with E-state index in [4.69, 9.17) is 0 Å². The van der Waals surface area contributed by atoms with Crippen molar-refractivity contribution >= 4 is 17.8 Å². The third-order valence-electron chi connectivity index (χ3n) is 6.10. The topological polar surface area (TPSA) is 78.5 Å². The Bertz CT molecular complexity index is 881. The molecule has 0 bridgehead atoms. The third kappa shape index (κ3) is 3.39. The first-order valence-corrected chi connectivity index (χ1v) is 10.0. The van der Waals surface area contributed by atoms with E-state index in [-0.39, 0.29) is 18.4 Å². The molecular weight excluding hydrogens is 366 g/mol. The lowest BCUT2D eigenvalue weighted by Crippen LogP contribution is -2.50. The largest absolute Gasteiger partial charge is 0.341 e. The maximum atomic E-state index is 13.0.